The monoisotopic (exact) mass is 444 g/mol. The highest BCUT2D eigenvalue weighted by Crippen LogP contribution is 2.25. The molecule has 168 valence electrons. The number of benzene rings is 1. The Labute approximate surface area is 190 Å². The molecule has 11 heteroatoms. The van der Waals surface area contributed by atoms with E-state index in [2.05, 4.69) is 60.9 Å². The summed E-state index contributed by atoms with van der Waals surface area (Å²) in [5, 5.41) is 15.6. The zero-order valence-corrected chi connectivity index (χ0v) is 18.0. The standard InChI is InChI=1S/C22H24N10O/c33-21(20-13-32(30-28-20)12-18-10-24-29-27-18)31-6-5-19-16(11-31)9-23-22(26-19)25-17-7-14-3-1-2-4-15(14)8-17/h1-4,9-10,13,17,28,30H,5-8,11-12H2,(H,23,25,26)(H,24,27,29). The van der Waals surface area contributed by atoms with E-state index in [0.717, 1.165) is 29.8 Å². The Hall–Kier alpha value is -3.99. The lowest BCUT2D eigenvalue weighted by atomic mass is 10.1. The van der Waals surface area contributed by atoms with E-state index in [1.165, 1.54) is 11.1 Å². The molecule has 3 aromatic rings. The molecule has 4 heterocycles. The van der Waals surface area contributed by atoms with Gasteiger partial charge in [0.1, 0.15) is 11.4 Å². The van der Waals surface area contributed by atoms with E-state index >= 15 is 0 Å². The summed E-state index contributed by atoms with van der Waals surface area (Å²) in [6.07, 6.45) is 7.91. The first-order chi connectivity index (χ1) is 16.2. The summed E-state index contributed by atoms with van der Waals surface area (Å²) >= 11 is 0. The zero-order chi connectivity index (χ0) is 22.2. The van der Waals surface area contributed by atoms with Crippen molar-refractivity contribution >= 4 is 11.9 Å². The average molecular weight is 445 g/mol. The van der Waals surface area contributed by atoms with Gasteiger partial charge in [0.25, 0.3) is 5.91 Å². The van der Waals surface area contributed by atoms with E-state index in [9.17, 15) is 4.79 Å². The average Bonchev–Trinajstić information content (AvgIpc) is 3.59. The molecule has 2 aromatic heterocycles. The van der Waals surface area contributed by atoms with Crippen LogP contribution in [0.3, 0.4) is 0 Å². The summed E-state index contributed by atoms with van der Waals surface area (Å²) in [6.45, 7) is 1.59. The number of nitrogens with one attached hydrogen (secondary N) is 4. The van der Waals surface area contributed by atoms with Crippen LogP contribution in [-0.4, -0.2) is 53.8 Å². The molecular formula is C22H24N10O. The van der Waals surface area contributed by atoms with Crippen LogP contribution in [0.5, 0.6) is 0 Å². The van der Waals surface area contributed by atoms with Gasteiger partial charge in [0.05, 0.1) is 18.4 Å². The fourth-order valence-electron chi connectivity index (χ4n) is 4.60. The first-order valence-electron chi connectivity index (χ1n) is 11.0. The predicted molar refractivity (Wildman–Crippen MR) is 119 cm³/mol. The number of hydrazine groups is 2. The lowest BCUT2D eigenvalue weighted by Gasteiger charge is -2.28. The fraction of sp³-hybridized carbons (Fsp3) is 0.318. The van der Waals surface area contributed by atoms with Crippen molar-refractivity contribution in [3.63, 3.8) is 0 Å². The van der Waals surface area contributed by atoms with Gasteiger partial charge in [0, 0.05) is 43.5 Å². The Morgan fingerprint density at radius 1 is 1.15 bits per heavy atom. The van der Waals surface area contributed by atoms with E-state index in [0.29, 0.717) is 43.7 Å². The van der Waals surface area contributed by atoms with Gasteiger partial charge in [-0.05, 0) is 24.0 Å². The van der Waals surface area contributed by atoms with E-state index in [1.807, 2.05) is 11.1 Å². The smallest absolute Gasteiger partial charge is 0.273 e. The van der Waals surface area contributed by atoms with E-state index in [-0.39, 0.29) is 5.91 Å². The number of hydrogen-bond donors (Lipinski definition) is 4. The minimum atomic E-state index is -0.0678. The van der Waals surface area contributed by atoms with Crippen LogP contribution < -0.4 is 16.3 Å². The van der Waals surface area contributed by atoms with Gasteiger partial charge < -0.3 is 10.2 Å². The van der Waals surface area contributed by atoms with Crippen LogP contribution in [0.15, 0.2) is 48.6 Å². The molecule has 4 N–H and O–H groups in total. The minimum Gasteiger partial charge on any atom is -0.351 e. The van der Waals surface area contributed by atoms with Crippen molar-refractivity contribution < 1.29 is 4.79 Å². The van der Waals surface area contributed by atoms with Crippen LogP contribution >= 0.6 is 0 Å². The highest BCUT2D eigenvalue weighted by Gasteiger charge is 2.28. The van der Waals surface area contributed by atoms with E-state index in [4.69, 9.17) is 4.98 Å². The van der Waals surface area contributed by atoms with E-state index in [1.54, 1.807) is 17.4 Å². The zero-order valence-electron chi connectivity index (χ0n) is 18.0. The molecule has 3 aliphatic rings. The molecule has 33 heavy (non-hydrogen) atoms. The number of hydrogen-bond acceptors (Lipinski definition) is 9. The second-order valence-corrected chi connectivity index (χ2v) is 8.53. The number of rotatable bonds is 5. The first-order valence-corrected chi connectivity index (χ1v) is 11.0. The number of amides is 1. The summed E-state index contributed by atoms with van der Waals surface area (Å²) in [7, 11) is 0. The quantitative estimate of drug-likeness (QED) is 0.443. The molecule has 6 rings (SSSR count). The molecule has 2 aliphatic heterocycles. The topological polar surface area (TPSA) is 127 Å². The lowest BCUT2D eigenvalue weighted by molar-refractivity contribution is -0.128. The van der Waals surface area contributed by atoms with Crippen LogP contribution in [0.2, 0.25) is 0 Å². The Kier molecular flexibility index (Phi) is 4.87. The van der Waals surface area contributed by atoms with Crippen molar-refractivity contribution in [2.45, 2.75) is 38.4 Å². The van der Waals surface area contributed by atoms with Crippen molar-refractivity contribution in [2.24, 2.45) is 0 Å². The molecule has 1 aromatic carbocycles. The maximum atomic E-state index is 13.0. The Morgan fingerprint density at radius 2 is 2.00 bits per heavy atom. The number of carbonyl (C=O) groups is 1. The van der Waals surface area contributed by atoms with Crippen molar-refractivity contribution in [1.82, 2.24) is 46.2 Å². The van der Waals surface area contributed by atoms with Gasteiger partial charge in [-0.2, -0.15) is 15.4 Å². The van der Waals surface area contributed by atoms with Crippen molar-refractivity contribution in [1.29, 1.82) is 0 Å². The molecule has 11 nitrogen and oxygen atoms in total. The lowest BCUT2D eigenvalue weighted by Crippen LogP contribution is -2.42. The summed E-state index contributed by atoms with van der Waals surface area (Å²) in [4.78, 5) is 24.1. The largest absolute Gasteiger partial charge is 0.351 e. The Bertz CT molecular complexity index is 1180. The maximum Gasteiger partial charge on any atom is 0.273 e. The fourth-order valence-corrected chi connectivity index (χ4v) is 4.60. The van der Waals surface area contributed by atoms with Gasteiger partial charge in [-0.15, -0.1) is 5.53 Å². The number of H-pyrrole nitrogens is 1. The summed E-state index contributed by atoms with van der Waals surface area (Å²) in [6, 6.07) is 8.87. The molecule has 0 fully saturated rings. The minimum absolute atomic E-state index is 0.0678. The maximum absolute atomic E-state index is 13.0. The molecule has 0 radical (unpaired) electrons. The SMILES string of the molecule is O=C(C1=CN(Cc2cn[nH]n2)NN1)N1CCc2nc(NC3Cc4ccccc4C3)ncc2C1. The van der Waals surface area contributed by atoms with Gasteiger partial charge in [-0.25, -0.2) is 9.97 Å². The number of aromatic nitrogens is 5. The molecule has 0 unspecified atom stereocenters. The predicted octanol–water partition coefficient (Wildman–Crippen LogP) is 0.425. The number of fused-ring (bicyclic) bond motifs is 2. The highest BCUT2D eigenvalue weighted by atomic mass is 16.2. The summed E-state index contributed by atoms with van der Waals surface area (Å²) in [5.74, 6) is 0.598. The highest BCUT2D eigenvalue weighted by molar-refractivity contribution is 5.93. The third-order valence-electron chi connectivity index (χ3n) is 6.25. The molecule has 1 aliphatic carbocycles. The normalized spacial score (nSPS) is 17.4. The molecule has 0 bridgehead atoms. The van der Waals surface area contributed by atoms with Gasteiger partial charge in [0.15, 0.2) is 0 Å². The van der Waals surface area contributed by atoms with E-state index < -0.39 is 0 Å². The van der Waals surface area contributed by atoms with Crippen molar-refractivity contribution in [2.75, 3.05) is 11.9 Å². The van der Waals surface area contributed by atoms with Gasteiger partial charge in [-0.1, -0.05) is 24.3 Å². The first kappa shape index (κ1) is 19.7. The van der Waals surface area contributed by atoms with Gasteiger partial charge in [0.2, 0.25) is 5.95 Å². The third-order valence-corrected chi connectivity index (χ3v) is 6.25. The second-order valence-electron chi connectivity index (χ2n) is 8.53. The number of aromatic amines is 1. The van der Waals surface area contributed by atoms with Crippen LogP contribution in [0.1, 0.15) is 28.1 Å². The Balaban J connectivity index is 1.08. The molecule has 0 atom stereocenters. The third kappa shape index (κ3) is 3.98. The van der Waals surface area contributed by atoms with Crippen molar-refractivity contribution in [3.8, 4) is 0 Å². The molecule has 0 saturated carbocycles. The molecule has 1 amide bonds. The van der Waals surface area contributed by atoms with Gasteiger partial charge in [-0.3, -0.25) is 15.2 Å². The Morgan fingerprint density at radius 3 is 2.79 bits per heavy atom. The van der Waals surface area contributed by atoms with Gasteiger partial charge >= 0.3 is 0 Å². The summed E-state index contributed by atoms with van der Waals surface area (Å²) in [5.41, 5.74) is 11.9. The molecular weight excluding hydrogens is 420 g/mol. The van der Waals surface area contributed by atoms with Crippen LogP contribution in [-0.2, 0) is 37.1 Å². The number of nitrogens with zero attached hydrogens (tertiary/aromatic N) is 6. The molecule has 0 spiro atoms. The van der Waals surface area contributed by atoms with Crippen molar-refractivity contribution in [3.05, 3.63) is 76.6 Å². The summed E-state index contributed by atoms with van der Waals surface area (Å²) < 4.78 is 0. The number of anilines is 1. The second kappa shape index (κ2) is 8.17. The molecule has 0 saturated heterocycles. The van der Waals surface area contributed by atoms with Crippen LogP contribution in [0, 0.1) is 0 Å². The number of carbonyl (C=O) groups excluding carboxylic acids is 1. The van der Waals surface area contributed by atoms with Crippen LogP contribution in [0.25, 0.3) is 0 Å². The van der Waals surface area contributed by atoms with Crippen LogP contribution in [0.4, 0.5) is 5.95 Å².